The fraction of sp³-hybridized carbons (Fsp3) is 0.545. The standard InChI is InChI=1S/C11H18N4O3/c1-7(2)10(12)11(17)14-6-9(16)13-5-8-3-4-15-18-8/h3-4,7,10H,5-6,12H2,1-2H3,(H,13,16)(H,14,17)/t10-/m0/s1. The molecule has 18 heavy (non-hydrogen) atoms. The Hall–Kier alpha value is -1.89. The third-order valence-electron chi connectivity index (χ3n) is 2.40. The fourth-order valence-electron chi connectivity index (χ4n) is 1.17. The number of nitrogens with zero attached hydrogens (tertiary/aromatic N) is 1. The first-order valence-corrected chi connectivity index (χ1v) is 5.70. The maximum absolute atomic E-state index is 11.5. The van der Waals surface area contributed by atoms with E-state index in [1.165, 1.54) is 6.20 Å². The van der Waals surface area contributed by atoms with Crippen molar-refractivity contribution in [1.82, 2.24) is 15.8 Å². The number of carbonyl (C=O) groups excluding carboxylic acids is 2. The van der Waals surface area contributed by atoms with E-state index in [0.717, 1.165) is 0 Å². The summed E-state index contributed by atoms with van der Waals surface area (Å²) in [6, 6.07) is 1.04. The van der Waals surface area contributed by atoms with E-state index in [-0.39, 0.29) is 30.8 Å². The highest BCUT2D eigenvalue weighted by Gasteiger charge is 2.17. The molecule has 1 heterocycles. The van der Waals surface area contributed by atoms with Gasteiger partial charge in [0.25, 0.3) is 0 Å². The van der Waals surface area contributed by atoms with Crippen LogP contribution < -0.4 is 16.4 Å². The predicted molar refractivity (Wildman–Crippen MR) is 64.2 cm³/mol. The number of rotatable bonds is 6. The topological polar surface area (TPSA) is 110 Å². The molecule has 0 aliphatic heterocycles. The molecule has 0 aromatic carbocycles. The van der Waals surface area contributed by atoms with E-state index in [2.05, 4.69) is 15.8 Å². The Morgan fingerprint density at radius 3 is 2.72 bits per heavy atom. The highest BCUT2D eigenvalue weighted by atomic mass is 16.5. The van der Waals surface area contributed by atoms with E-state index < -0.39 is 6.04 Å². The van der Waals surface area contributed by atoms with E-state index >= 15 is 0 Å². The van der Waals surface area contributed by atoms with Crippen molar-refractivity contribution in [1.29, 1.82) is 0 Å². The van der Waals surface area contributed by atoms with Crippen molar-refractivity contribution in [3.8, 4) is 0 Å². The second-order valence-electron chi connectivity index (χ2n) is 4.24. The predicted octanol–water partition coefficient (Wildman–Crippen LogP) is -0.610. The number of aromatic nitrogens is 1. The Balaban J connectivity index is 2.23. The normalized spacial score (nSPS) is 12.2. The van der Waals surface area contributed by atoms with Gasteiger partial charge in [0.05, 0.1) is 25.3 Å². The van der Waals surface area contributed by atoms with Crippen LogP contribution in [0.1, 0.15) is 19.6 Å². The Morgan fingerprint density at radius 2 is 2.17 bits per heavy atom. The summed E-state index contributed by atoms with van der Waals surface area (Å²) in [4.78, 5) is 22.9. The molecule has 0 saturated carbocycles. The molecule has 0 unspecified atom stereocenters. The van der Waals surface area contributed by atoms with Crippen molar-refractivity contribution < 1.29 is 14.1 Å². The molecule has 0 aliphatic rings. The van der Waals surface area contributed by atoms with Crippen LogP contribution in [0.5, 0.6) is 0 Å². The summed E-state index contributed by atoms with van der Waals surface area (Å²) in [5.41, 5.74) is 5.63. The monoisotopic (exact) mass is 254 g/mol. The average Bonchev–Trinajstić information content (AvgIpc) is 2.85. The van der Waals surface area contributed by atoms with E-state index in [4.69, 9.17) is 10.3 Å². The van der Waals surface area contributed by atoms with Crippen molar-refractivity contribution >= 4 is 11.8 Å². The first-order valence-electron chi connectivity index (χ1n) is 5.70. The van der Waals surface area contributed by atoms with Gasteiger partial charge in [-0.1, -0.05) is 19.0 Å². The lowest BCUT2D eigenvalue weighted by Crippen LogP contribution is -2.47. The molecule has 1 rings (SSSR count). The van der Waals surface area contributed by atoms with Crippen LogP contribution in [0.15, 0.2) is 16.8 Å². The summed E-state index contributed by atoms with van der Waals surface area (Å²) in [6.07, 6.45) is 1.49. The molecule has 4 N–H and O–H groups in total. The van der Waals surface area contributed by atoms with Crippen molar-refractivity contribution in [2.75, 3.05) is 6.54 Å². The van der Waals surface area contributed by atoms with Gasteiger partial charge in [-0.3, -0.25) is 9.59 Å². The molecule has 0 aliphatic carbocycles. The van der Waals surface area contributed by atoms with Crippen LogP contribution in [0, 0.1) is 5.92 Å². The summed E-state index contributed by atoms with van der Waals surface area (Å²) in [5, 5.41) is 8.56. The highest BCUT2D eigenvalue weighted by Crippen LogP contribution is 1.97. The van der Waals surface area contributed by atoms with Gasteiger partial charge in [-0.05, 0) is 5.92 Å². The lowest BCUT2D eigenvalue weighted by Gasteiger charge is -2.14. The molecular formula is C11H18N4O3. The summed E-state index contributed by atoms with van der Waals surface area (Å²) in [5.74, 6) is -0.0636. The molecule has 7 nitrogen and oxygen atoms in total. The van der Waals surface area contributed by atoms with Crippen LogP contribution in [0.2, 0.25) is 0 Å². The number of hydrogen-bond acceptors (Lipinski definition) is 5. The smallest absolute Gasteiger partial charge is 0.239 e. The summed E-state index contributed by atoms with van der Waals surface area (Å²) < 4.78 is 4.81. The highest BCUT2D eigenvalue weighted by molar-refractivity contribution is 5.87. The fourth-order valence-corrected chi connectivity index (χ4v) is 1.17. The minimum absolute atomic E-state index is 0.0299. The van der Waals surface area contributed by atoms with Crippen molar-refractivity contribution in [3.63, 3.8) is 0 Å². The van der Waals surface area contributed by atoms with Gasteiger partial charge in [-0.2, -0.15) is 0 Å². The molecule has 100 valence electrons. The van der Waals surface area contributed by atoms with E-state index in [1.807, 2.05) is 13.8 Å². The Morgan fingerprint density at radius 1 is 1.44 bits per heavy atom. The maximum Gasteiger partial charge on any atom is 0.239 e. The zero-order valence-electron chi connectivity index (χ0n) is 10.5. The summed E-state index contributed by atoms with van der Waals surface area (Å²) in [7, 11) is 0. The number of hydrogen-bond donors (Lipinski definition) is 3. The third kappa shape index (κ3) is 4.54. The first kappa shape index (κ1) is 14.2. The molecule has 1 atom stereocenters. The lowest BCUT2D eigenvalue weighted by atomic mass is 10.1. The minimum Gasteiger partial charge on any atom is -0.360 e. The van der Waals surface area contributed by atoms with Crippen molar-refractivity contribution in [2.45, 2.75) is 26.4 Å². The second kappa shape index (κ2) is 6.75. The van der Waals surface area contributed by atoms with Gasteiger partial charge in [0.2, 0.25) is 11.8 Å². The van der Waals surface area contributed by atoms with Gasteiger partial charge < -0.3 is 20.9 Å². The van der Waals surface area contributed by atoms with Crippen LogP contribution in [0.25, 0.3) is 0 Å². The largest absolute Gasteiger partial charge is 0.360 e. The minimum atomic E-state index is -0.605. The van der Waals surface area contributed by atoms with Crippen molar-refractivity contribution in [3.05, 3.63) is 18.0 Å². The molecule has 0 fully saturated rings. The van der Waals surface area contributed by atoms with Crippen molar-refractivity contribution in [2.24, 2.45) is 11.7 Å². The second-order valence-corrected chi connectivity index (χ2v) is 4.24. The van der Waals surface area contributed by atoms with E-state index in [1.54, 1.807) is 6.07 Å². The summed E-state index contributed by atoms with van der Waals surface area (Å²) in [6.45, 7) is 3.82. The van der Waals surface area contributed by atoms with Gasteiger partial charge in [-0.25, -0.2) is 0 Å². The Labute approximate surface area is 105 Å². The quantitative estimate of drug-likeness (QED) is 0.627. The van der Waals surface area contributed by atoms with Gasteiger partial charge in [0.15, 0.2) is 5.76 Å². The molecule has 0 saturated heterocycles. The van der Waals surface area contributed by atoms with Crippen LogP contribution in [0.4, 0.5) is 0 Å². The van der Waals surface area contributed by atoms with Crippen LogP contribution in [-0.2, 0) is 16.1 Å². The third-order valence-corrected chi connectivity index (χ3v) is 2.40. The Kier molecular flexibility index (Phi) is 5.31. The average molecular weight is 254 g/mol. The lowest BCUT2D eigenvalue weighted by molar-refractivity contribution is -0.127. The number of nitrogens with one attached hydrogen (secondary N) is 2. The first-order chi connectivity index (χ1) is 8.50. The van der Waals surface area contributed by atoms with Gasteiger partial charge >= 0.3 is 0 Å². The maximum atomic E-state index is 11.5. The molecule has 0 bridgehead atoms. The molecular weight excluding hydrogens is 236 g/mol. The number of nitrogens with two attached hydrogens (primary N) is 1. The molecule has 0 spiro atoms. The summed E-state index contributed by atoms with van der Waals surface area (Å²) >= 11 is 0. The van der Waals surface area contributed by atoms with Crippen LogP contribution in [-0.4, -0.2) is 29.6 Å². The van der Waals surface area contributed by atoms with Crippen LogP contribution in [0.3, 0.4) is 0 Å². The van der Waals surface area contributed by atoms with Gasteiger partial charge in [-0.15, -0.1) is 0 Å². The van der Waals surface area contributed by atoms with Crippen LogP contribution >= 0.6 is 0 Å². The zero-order valence-corrected chi connectivity index (χ0v) is 10.5. The number of amides is 2. The molecule has 0 radical (unpaired) electrons. The van der Waals surface area contributed by atoms with E-state index in [0.29, 0.717) is 5.76 Å². The molecule has 7 heteroatoms. The van der Waals surface area contributed by atoms with Gasteiger partial charge in [0, 0.05) is 6.07 Å². The Bertz CT molecular complexity index is 389. The molecule has 1 aromatic rings. The zero-order chi connectivity index (χ0) is 13.5. The van der Waals surface area contributed by atoms with E-state index in [9.17, 15) is 9.59 Å². The molecule has 1 aromatic heterocycles. The molecule has 2 amide bonds. The SMILES string of the molecule is CC(C)[C@H](N)C(=O)NCC(=O)NCc1ccno1. The van der Waals surface area contributed by atoms with Gasteiger partial charge in [0.1, 0.15) is 0 Å². The number of carbonyl (C=O) groups is 2.